The molecule has 1 aliphatic rings. The van der Waals surface area contributed by atoms with Crippen molar-refractivity contribution in [1.29, 1.82) is 0 Å². The fourth-order valence-electron chi connectivity index (χ4n) is 4.49. The number of benzene rings is 2. The van der Waals surface area contributed by atoms with Crippen molar-refractivity contribution in [3.8, 4) is 11.5 Å². The smallest absolute Gasteiger partial charge is 0.343 e. The lowest BCUT2D eigenvalue weighted by Gasteiger charge is -2.28. The summed E-state index contributed by atoms with van der Waals surface area (Å²) in [4.78, 5) is 12.5. The van der Waals surface area contributed by atoms with Crippen LogP contribution >= 0.6 is 0 Å². The minimum Gasteiger partial charge on any atom is -0.493 e. The molecule has 0 amide bonds. The van der Waals surface area contributed by atoms with Crippen molar-refractivity contribution in [3.05, 3.63) is 59.7 Å². The van der Waals surface area contributed by atoms with E-state index in [0.29, 0.717) is 23.1 Å². The molecule has 0 N–H and O–H groups in total. The second-order valence-corrected chi connectivity index (χ2v) is 9.62. The van der Waals surface area contributed by atoms with Crippen LogP contribution in [0.15, 0.2) is 48.5 Å². The lowest BCUT2D eigenvalue weighted by molar-refractivity contribution is 0.0734. The summed E-state index contributed by atoms with van der Waals surface area (Å²) < 4.78 is 11.6. The highest BCUT2D eigenvalue weighted by molar-refractivity contribution is 5.91. The minimum atomic E-state index is -0.336. The second-order valence-electron chi connectivity index (χ2n) is 9.62. The van der Waals surface area contributed by atoms with Gasteiger partial charge < -0.3 is 9.47 Å². The Morgan fingerprint density at radius 2 is 1.53 bits per heavy atom. The molecule has 3 heteroatoms. The maximum absolute atomic E-state index is 12.5. The fraction of sp³-hybridized carbons (Fsp3) is 0.552. The molecule has 1 aliphatic carbocycles. The van der Waals surface area contributed by atoms with Crippen molar-refractivity contribution in [3.63, 3.8) is 0 Å². The van der Waals surface area contributed by atoms with Gasteiger partial charge in [0.2, 0.25) is 0 Å². The summed E-state index contributed by atoms with van der Waals surface area (Å²) in [5.74, 6) is 3.30. The van der Waals surface area contributed by atoms with E-state index in [2.05, 4.69) is 20.8 Å². The van der Waals surface area contributed by atoms with Crippen molar-refractivity contribution < 1.29 is 14.3 Å². The zero-order valence-electron chi connectivity index (χ0n) is 20.1. The molecule has 3 nitrogen and oxygen atoms in total. The number of rotatable bonds is 11. The number of carbonyl (C=O) groups excluding carboxylic acids is 1. The monoisotopic (exact) mass is 436 g/mol. The summed E-state index contributed by atoms with van der Waals surface area (Å²) in [7, 11) is 0. The molecular formula is C29H40O3. The average Bonchev–Trinajstić information content (AvgIpc) is 2.83. The molecule has 3 rings (SSSR count). The van der Waals surface area contributed by atoms with E-state index in [1.54, 1.807) is 12.1 Å². The van der Waals surface area contributed by atoms with E-state index < -0.39 is 0 Å². The molecule has 2 aromatic rings. The van der Waals surface area contributed by atoms with E-state index in [-0.39, 0.29) is 5.97 Å². The normalized spacial score (nSPS) is 19.3. The third-order valence-corrected chi connectivity index (χ3v) is 6.92. The molecule has 1 atom stereocenters. The van der Waals surface area contributed by atoms with Crippen LogP contribution in [0.4, 0.5) is 0 Å². The highest BCUT2D eigenvalue weighted by Crippen LogP contribution is 2.32. The van der Waals surface area contributed by atoms with E-state index in [0.717, 1.165) is 31.1 Å². The highest BCUT2D eigenvalue weighted by atomic mass is 16.5. The SMILES string of the molecule is CCCCC1CCC(COc2ccc(C(=O)Oc3ccc(CC(C)CC)cc3)cc2)CC1. The number of unbranched alkanes of at least 4 members (excludes halogenated alkanes) is 1. The van der Waals surface area contributed by atoms with Crippen LogP contribution in [0.2, 0.25) is 0 Å². The van der Waals surface area contributed by atoms with Crippen LogP contribution in [0.25, 0.3) is 0 Å². The van der Waals surface area contributed by atoms with E-state index >= 15 is 0 Å². The maximum Gasteiger partial charge on any atom is 0.343 e. The van der Waals surface area contributed by atoms with Gasteiger partial charge in [-0.15, -0.1) is 0 Å². The van der Waals surface area contributed by atoms with Gasteiger partial charge in [0.25, 0.3) is 0 Å². The van der Waals surface area contributed by atoms with Crippen molar-refractivity contribution in [1.82, 2.24) is 0 Å². The molecule has 1 fully saturated rings. The average molecular weight is 437 g/mol. The van der Waals surface area contributed by atoms with Gasteiger partial charge in [0.05, 0.1) is 12.2 Å². The van der Waals surface area contributed by atoms with Crippen LogP contribution in [0.1, 0.15) is 88.1 Å². The fourth-order valence-corrected chi connectivity index (χ4v) is 4.49. The first-order valence-electron chi connectivity index (χ1n) is 12.6. The van der Waals surface area contributed by atoms with Crippen molar-refractivity contribution in [2.24, 2.45) is 17.8 Å². The Labute approximate surface area is 194 Å². The molecule has 1 unspecified atom stereocenters. The topological polar surface area (TPSA) is 35.5 Å². The molecule has 1 saturated carbocycles. The standard InChI is InChI=1S/C29H40O3/c1-4-6-7-23-8-10-25(11-9-23)21-31-27-18-14-26(15-19-27)29(30)32-28-16-12-24(13-17-28)20-22(3)5-2/h12-19,22-23,25H,4-11,20-21H2,1-3H3. The Hall–Kier alpha value is -2.29. The van der Waals surface area contributed by atoms with Gasteiger partial charge in [0, 0.05) is 0 Å². The van der Waals surface area contributed by atoms with Gasteiger partial charge in [0.15, 0.2) is 0 Å². The first-order valence-corrected chi connectivity index (χ1v) is 12.6. The summed E-state index contributed by atoms with van der Waals surface area (Å²) in [6, 6.07) is 15.2. The number of esters is 1. The molecule has 174 valence electrons. The van der Waals surface area contributed by atoms with Gasteiger partial charge in [-0.05, 0) is 79.0 Å². The third-order valence-electron chi connectivity index (χ3n) is 6.92. The molecule has 0 saturated heterocycles. The molecule has 0 aliphatic heterocycles. The zero-order valence-corrected chi connectivity index (χ0v) is 20.1. The maximum atomic E-state index is 12.5. The van der Waals surface area contributed by atoms with Crippen LogP contribution in [0.5, 0.6) is 11.5 Å². The van der Waals surface area contributed by atoms with Gasteiger partial charge in [-0.1, -0.05) is 71.4 Å². The summed E-state index contributed by atoms with van der Waals surface area (Å²) >= 11 is 0. The Bertz CT molecular complexity index is 801. The number of carbonyl (C=O) groups is 1. The lowest BCUT2D eigenvalue weighted by atomic mass is 9.80. The first kappa shape index (κ1) is 24.4. The van der Waals surface area contributed by atoms with Crippen molar-refractivity contribution in [2.45, 2.75) is 78.6 Å². The van der Waals surface area contributed by atoms with Gasteiger partial charge >= 0.3 is 5.97 Å². The molecule has 0 bridgehead atoms. The summed E-state index contributed by atoms with van der Waals surface area (Å²) in [5, 5.41) is 0. The molecule has 32 heavy (non-hydrogen) atoms. The first-order chi connectivity index (χ1) is 15.6. The third kappa shape index (κ3) is 7.69. The van der Waals surface area contributed by atoms with Crippen LogP contribution in [0.3, 0.4) is 0 Å². The highest BCUT2D eigenvalue weighted by Gasteiger charge is 2.21. The molecule has 0 radical (unpaired) electrons. The number of hydrogen-bond donors (Lipinski definition) is 0. The van der Waals surface area contributed by atoms with Crippen LogP contribution in [0, 0.1) is 17.8 Å². The van der Waals surface area contributed by atoms with Crippen molar-refractivity contribution in [2.75, 3.05) is 6.61 Å². The molecule has 0 heterocycles. The van der Waals surface area contributed by atoms with Crippen LogP contribution in [-0.4, -0.2) is 12.6 Å². The second kappa shape index (κ2) is 12.7. The van der Waals surface area contributed by atoms with Crippen LogP contribution < -0.4 is 9.47 Å². The van der Waals surface area contributed by atoms with Gasteiger partial charge in [-0.25, -0.2) is 4.79 Å². The van der Waals surface area contributed by atoms with Crippen LogP contribution in [-0.2, 0) is 6.42 Å². The Morgan fingerprint density at radius 1 is 0.906 bits per heavy atom. The summed E-state index contributed by atoms with van der Waals surface area (Å²) in [6.45, 7) is 7.50. The van der Waals surface area contributed by atoms with E-state index in [4.69, 9.17) is 9.47 Å². The van der Waals surface area contributed by atoms with Gasteiger partial charge in [-0.2, -0.15) is 0 Å². The Kier molecular flexibility index (Phi) is 9.64. The zero-order chi connectivity index (χ0) is 22.8. The minimum absolute atomic E-state index is 0.336. The summed E-state index contributed by atoms with van der Waals surface area (Å²) in [6.07, 6.45) is 11.5. The lowest BCUT2D eigenvalue weighted by Crippen LogP contribution is -2.20. The quantitative estimate of drug-likeness (QED) is 0.265. The predicted molar refractivity (Wildman–Crippen MR) is 131 cm³/mol. The van der Waals surface area contributed by atoms with E-state index in [1.807, 2.05) is 36.4 Å². The largest absolute Gasteiger partial charge is 0.493 e. The molecule has 0 spiro atoms. The van der Waals surface area contributed by atoms with Crippen molar-refractivity contribution >= 4 is 5.97 Å². The van der Waals surface area contributed by atoms with Gasteiger partial charge in [-0.3, -0.25) is 0 Å². The molecule has 0 aromatic heterocycles. The number of ether oxygens (including phenoxy) is 2. The molecule has 2 aromatic carbocycles. The van der Waals surface area contributed by atoms with E-state index in [9.17, 15) is 4.79 Å². The van der Waals surface area contributed by atoms with Gasteiger partial charge in [0.1, 0.15) is 11.5 Å². The predicted octanol–water partition coefficient (Wildman–Crippen LogP) is 7.87. The van der Waals surface area contributed by atoms with E-state index in [1.165, 1.54) is 50.5 Å². The molecular weight excluding hydrogens is 396 g/mol. The Morgan fingerprint density at radius 3 is 2.16 bits per heavy atom. The Balaban J connectivity index is 1.42. The number of hydrogen-bond acceptors (Lipinski definition) is 3. The summed E-state index contributed by atoms with van der Waals surface area (Å²) in [5.41, 5.74) is 1.81.